The van der Waals surface area contributed by atoms with E-state index in [1.54, 1.807) is 102 Å². The fourth-order valence-electron chi connectivity index (χ4n) is 14.5. The summed E-state index contributed by atoms with van der Waals surface area (Å²) in [5.41, 5.74) is 14.1. The van der Waals surface area contributed by atoms with Crippen molar-refractivity contribution in [3.63, 3.8) is 0 Å². The number of nitrogens with zero attached hydrogens (tertiary/aromatic N) is 18. The SMILES string of the molecule is C#Cc1cccc(C2=CN=C(C(CC3CC3)c3ccc(-c4cc(Cl)ccc4-n4cnnn4)c[n+]3[O-])C2)c1.COC(=O)Nc1ccc(-c2cnc(C(CC3CC3)c3ccc(-c4cc(Cl)ccc4-n4cnnn4)c[n+]3[O-])[nH]2)c(F)c1.COC(=O)Nc1ccc(-c2cnc(C(CC3CC3)c3ccc(-c4cc(Cl)ccc4-n4cnnn4)c[n+]3[O-])[nH]2)c(F)c1. The molecule has 0 spiro atoms. The number of methoxy groups -OCH3 is 2. The highest BCUT2D eigenvalue weighted by atomic mass is 35.5. The molecule has 3 atom stereocenters. The molecule has 8 aromatic heterocycles. The van der Waals surface area contributed by atoms with Crippen molar-refractivity contribution in [1.82, 2.24) is 80.6 Å². The standard InChI is InChI=1S/C29H23ClN6O.2C28H24ClFN8O3/c1-2-19-4-3-5-21(12-19)23-14-27(31-16-23)26(13-20-6-7-20)29-10-8-22(17-36(29)37)25-15-24(30)9-11-28(25)35-18-32-33-34-35;2*1-41-28(39)33-19-6-7-20(23(30)12-19)24-13-31-27(34-24)22(10-16-2-3-16)26-8-4-17(14-38(26)40)21-11-18(29)5-9-25(21)37-15-32-35-36-37/h1,3-5,8-12,15-18,20,26H,6-7,13-14H2;2*4-9,11-16,22H,2-3,10H2,1H3,(H,31,34)(H,33,39). The predicted octanol–water partition coefficient (Wildman–Crippen LogP) is 15.9. The van der Waals surface area contributed by atoms with E-state index in [0.29, 0.717) is 113 Å². The molecule has 0 radical (unpaired) electrons. The van der Waals surface area contributed by atoms with Crippen LogP contribution in [0, 0.1) is 57.4 Å². The van der Waals surface area contributed by atoms with Crippen molar-refractivity contribution in [2.75, 3.05) is 24.9 Å². The van der Waals surface area contributed by atoms with Crippen molar-refractivity contribution in [2.45, 2.75) is 82.0 Å². The van der Waals surface area contributed by atoms with E-state index >= 15 is 0 Å². The summed E-state index contributed by atoms with van der Waals surface area (Å²) in [6, 6.07) is 43.7. The van der Waals surface area contributed by atoms with E-state index < -0.39 is 23.8 Å². The predicted molar refractivity (Wildman–Crippen MR) is 439 cm³/mol. The van der Waals surface area contributed by atoms with Gasteiger partial charge in [0.05, 0.1) is 61.0 Å². The fraction of sp³-hybridized carbons (Fsp3) is 0.212. The number of benzene rings is 6. The van der Waals surface area contributed by atoms with Crippen LogP contribution in [0.15, 0.2) is 213 Å². The van der Waals surface area contributed by atoms with Crippen molar-refractivity contribution in [1.29, 1.82) is 0 Å². The van der Waals surface area contributed by atoms with Gasteiger partial charge in [0.15, 0.2) is 18.6 Å². The second kappa shape index (κ2) is 34.8. The molecule has 34 heteroatoms. The number of ether oxygens (including phenoxy) is 2. The zero-order chi connectivity index (χ0) is 82.4. The van der Waals surface area contributed by atoms with E-state index in [2.05, 4.69) is 98.6 Å². The normalized spacial score (nSPS) is 14.3. The molecule has 3 aliphatic carbocycles. The van der Waals surface area contributed by atoms with Gasteiger partial charge in [0.1, 0.15) is 54.1 Å². The van der Waals surface area contributed by atoms with Crippen LogP contribution in [0.3, 0.4) is 0 Å². The number of H-pyrrole nitrogens is 2. The number of nitrogens with one attached hydrogen (secondary N) is 4. The summed E-state index contributed by atoms with van der Waals surface area (Å²) in [4.78, 5) is 43.2. The Morgan fingerprint density at radius 3 is 1.29 bits per heavy atom. The number of carbonyl (C=O) groups excluding carboxylic acids is 2. The average molecular weight is 1660 g/mol. The zero-order valence-corrected chi connectivity index (χ0v) is 65.8. The minimum atomic E-state index is -0.692. The Labute approximate surface area is 693 Å². The number of hydrogen-bond donors (Lipinski definition) is 4. The van der Waals surface area contributed by atoms with Crippen LogP contribution in [0.5, 0.6) is 0 Å². The highest BCUT2D eigenvalue weighted by Crippen LogP contribution is 2.45. The third-order valence-corrected chi connectivity index (χ3v) is 21.8. The molecule has 9 heterocycles. The number of allylic oxidation sites excluding steroid dienone is 1. The van der Waals surface area contributed by atoms with Gasteiger partial charge in [-0.1, -0.05) is 91.4 Å². The van der Waals surface area contributed by atoms with E-state index in [1.165, 1.54) is 79.9 Å². The van der Waals surface area contributed by atoms with Gasteiger partial charge in [-0.3, -0.25) is 15.6 Å². The van der Waals surface area contributed by atoms with Gasteiger partial charge in [-0.15, -0.1) is 21.7 Å². The van der Waals surface area contributed by atoms with Gasteiger partial charge in [-0.05, 0) is 201 Å². The molecule has 4 aliphatic rings. The maximum atomic E-state index is 15.0. The zero-order valence-electron chi connectivity index (χ0n) is 63.5. The quantitative estimate of drug-likeness (QED) is 0.0262. The highest BCUT2D eigenvalue weighted by Gasteiger charge is 2.38. The van der Waals surface area contributed by atoms with E-state index in [0.717, 1.165) is 98.4 Å². The van der Waals surface area contributed by atoms with Gasteiger partial charge < -0.3 is 35.1 Å². The van der Waals surface area contributed by atoms with Crippen LogP contribution in [-0.2, 0) is 9.47 Å². The van der Waals surface area contributed by atoms with Gasteiger partial charge in [-0.2, -0.15) is 28.2 Å². The number of imidazole rings is 2. The molecule has 0 bridgehead atoms. The number of pyridine rings is 3. The number of amides is 2. The van der Waals surface area contributed by atoms with Crippen LogP contribution < -0.4 is 24.8 Å². The summed E-state index contributed by atoms with van der Waals surface area (Å²) in [7, 11) is 2.46. The maximum absolute atomic E-state index is 15.0. The number of carbonyl (C=O) groups is 2. The Morgan fingerprint density at radius 2 is 0.924 bits per heavy atom. The number of anilines is 2. The first-order chi connectivity index (χ1) is 57.9. The number of tetrazole rings is 3. The summed E-state index contributed by atoms with van der Waals surface area (Å²) in [5.74, 6) is 3.61. The largest absolute Gasteiger partial charge is 0.618 e. The summed E-state index contributed by atoms with van der Waals surface area (Å²) in [6.07, 6.45) is 28.1. The molecule has 2 amide bonds. The van der Waals surface area contributed by atoms with Crippen LogP contribution >= 0.6 is 34.8 Å². The first-order valence-electron chi connectivity index (χ1n) is 37.9. The number of halogens is 5. The lowest BCUT2D eigenvalue weighted by Crippen LogP contribution is -2.35. The van der Waals surface area contributed by atoms with Gasteiger partial charge in [0.25, 0.3) is 0 Å². The number of aromatic amines is 2. The molecule has 6 aromatic carbocycles. The number of terminal acetylenes is 1. The van der Waals surface area contributed by atoms with Crippen LogP contribution in [0.1, 0.15) is 122 Å². The third-order valence-electron chi connectivity index (χ3n) is 21.1. The summed E-state index contributed by atoms with van der Waals surface area (Å²) >= 11 is 18.9. The maximum Gasteiger partial charge on any atom is 0.411 e. The number of aromatic nitrogens is 19. The summed E-state index contributed by atoms with van der Waals surface area (Å²) < 4.78 is 46.3. The summed E-state index contributed by atoms with van der Waals surface area (Å²) in [6.45, 7) is 0. The first kappa shape index (κ1) is 78.9. The Bertz CT molecular complexity index is 5950. The molecular weight excluding hydrogens is 1590 g/mol. The van der Waals surface area contributed by atoms with Gasteiger partial charge in [0.2, 0.25) is 17.1 Å². The molecule has 3 fully saturated rings. The molecule has 4 N–H and O–H groups in total. The molecule has 3 unspecified atom stereocenters. The van der Waals surface area contributed by atoms with E-state index in [4.69, 9.17) is 46.2 Å². The van der Waals surface area contributed by atoms with Gasteiger partial charge in [0, 0.05) is 113 Å². The monoisotopic (exact) mass is 1650 g/mol. The molecule has 14 aromatic rings. The second-order valence-corrected chi connectivity index (χ2v) is 30.4. The molecule has 1 aliphatic heterocycles. The Morgan fingerprint density at radius 1 is 0.521 bits per heavy atom. The number of aliphatic imine (C=N–C) groups is 1. The first-order valence-corrected chi connectivity index (χ1v) is 39.0. The lowest BCUT2D eigenvalue weighted by atomic mass is 9.88. The second-order valence-electron chi connectivity index (χ2n) is 29.1. The minimum Gasteiger partial charge on any atom is -0.618 e. The van der Waals surface area contributed by atoms with Crippen LogP contribution in [-0.4, -0.2) is 113 Å². The van der Waals surface area contributed by atoms with E-state index in [9.17, 15) is 34.0 Å². The molecule has 119 heavy (non-hydrogen) atoms. The molecule has 598 valence electrons. The fourth-order valence-corrected chi connectivity index (χ4v) is 15.1. The van der Waals surface area contributed by atoms with Crippen LogP contribution in [0.4, 0.5) is 29.7 Å². The number of hydrogen-bond acceptors (Lipinski definition) is 19. The summed E-state index contributed by atoms with van der Waals surface area (Å²) in [5, 5.41) is 81.1. The smallest absolute Gasteiger partial charge is 0.411 e. The topological polar surface area (TPSA) is 358 Å². The van der Waals surface area contributed by atoms with Crippen molar-refractivity contribution < 1.29 is 42.0 Å². The molecule has 0 saturated heterocycles. The van der Waals surface area contributed by atoms with E-state index in [1.807, 2.05) is 60.8 Å². The lowest BCUT2D eigenvalue weighted by molar-refractivity contribution is -0.614. The lowest BCUT2D eigenvalue weighted by Gasteiger charge is -2.18. The Kier molecular flexibility index (Phi) is 23.1. The number of rotatable bonds is 23. The molecule has 3 saturated carbocycles. The molecule has 18 rings (SSSR count). The van der Waals surface area contributed by atoms with Crippen molar-refractivity contribution >= 4 is 69.6 Å². The van der Waals surface area contributed by atoms with Crippen LogP contribution in [0.2, 0.25) is 15.1 Å². The average Bonchev–Trinajstić information content (AvgIpc) is 1.78. The highest BCUT2D eigenvalue weighted by molar-refractivity contribution is 6.31. The van der Waals surface area contributed by atoms with Gasteiger partial charge >= 0.3 is 12.2 Å². The Balaban J connectivity index is 0.000000133. The van der Waals surface area contributed by atoms with Gasteiger partial charge in [-0.25, -0.2) is 28.3 Å². The van der Waals surface area contributed by atoms with Crippen molar-refractivity contribution in [2.24, 2.45) is 22.7 Å². The van der Waals surface area contributed by atoms with E-state index in [-0.39, 0.29) is 40.3 Å². The third kappa shape index (κ3) is 18.3. The molecular formula is C85H71Cl3F2N22O7. The Hall–Kier alpha value is -14.0. The van der Waals surface area contributed by atoms with Crippen molar-refractivity contribution in [3.8, 4) is 85.3 Å². The van der Waals surface area contributed by atoms with Crippen LogP contribution in [0.25, 0.3) is 78.5 Å². The minimum absolute atomic E-state index is 0.0537. The van der Waals surface area contributed by atoms with Crippen molar-refractivity contribution in [3.05, 3.63) is 290 Å². The molecule has 29 nitrogen and oxygen atoms in total.